The fourth-order valence-corrected chi connectivity index (χ4v) is 0. The van der Waals surface area contributed by atoms with Crippen molar-refractivity contribution in [3.8, 4) is 0 Å². The lowest BCUT2D eigenvalue weighted by Gasteiger charge is -1.76. The van der Waals surface area contributed by atoms with Crippen molar-refractivity contribution in [2.75, 3.05) is 5.21 Å². The predicted octanol–water partition coefficient (Wildman–Crippen LogP) is 0.948. The quantitative estimate of drug-likeness (QED) is 0.388. The summed E-state index contributed by atoms with van der Waals surface area (Å²) in [7, 11) is -2.93. The topological polar surface area (TPSA) is 34.1 Å². The van der Waals surface area contributed by atoms with Crippen molar-refractivity contribution in [2.24, 2.45) is 0 Å². The molecule has 0 bridgehead atoms. The summed E-state index contributed by atoms with van der Waals surface area (Å²) in [6.45, 7) is 0. The SMILES string of the molecule is O=S(=O)(I)CCl. The summed E-state index contributed by atoms with van der Waals surface area (Å²) in [5.41, 5.74) is 0. The third kappa shape index (κ3) is 4.97. The standard InChI is InChI=1S/CH2ClIO2S/c2-1-6(3,4)5/h1H2. The Bertz CT molecular complexity index is 116. The number of hydrogen-bond donors (Lipinski definition) is 0. The van der Waals surface area contributed by atoms with Gasteiger partial charge in [0, 0.05) is 0 Å². The van der Waals surface area contributed by atoms with Crippen LogP contribution in [-0.2, 0) is 7.01 Å². The smallest absolute Gasteiger partial charge is 0.216 e. The molecule has 0 amide bonds. The molecule has 2 nitrogen and oxygen atoms in total. The van der Waals surface area contributed by atoms with Crippen molar-refractivity contribution >= 4 is 39.8 Å². The zero-order chi connectivity index (χ0) is 5.21. The summed E-state index contributed by atoms with van der Waals surface area (Å²) < 4.78 is 19.7. The van der Waals surface area contributed by atoms with Crippen molar-refractivity contribution in [1.82, 2.24) is 0 Å². The number of halogens is 2. The molecule has 0 aliphatic rings. The van der Waals surface area contributed by atoms with E-state index in [-0.39, 0.29) is 5.21 Å². The Morgan fingerprint density at radius 1 is 1.67 bits per heavy atom. The molecular formula is CH2ClIO2S. The van der Waals surface area contributed by atoms with Crippen LogP contribution in [0.1, 0.15) is 0 Å². The minimum absolute atomic E-state index is 0.298. The Morgan fingerprint density at radius 2 is 1.83 bits per heavy atom. The molecule has 38 valence electrons. The van der Waals surface area contributed by atoms with E-state index in [2.05, 4.69) is 0 Å². The van der Waals surface area contributed by atoms with Crippen molar-refractivity contribution in [2.45, 2.75) is 0 Å². The highest BCUT2D eigenvalue weighted by molar-refractivity contribution is 14.2. The normalized spacial score (nSPS) is 11.7. The minimum Gasteiger partial charge on any atom is -0.217 e. The maximum absolute atomic E-state index is 9.85. The molecule has 0 aliphatic heterocycles. The molecule has 0 fully saturated rings. The Labute approximate surface area is 53.4 Å². The van der Waals surface area contributed by atoms with E-state index in [0.717, 1.165) is 0 Å². The summed E-state index contributed by atoms with van der Waals surface area (Å²) >= 11 is 6.16. The van der Waals surface area contributed by atoms with Crippen LogP contribution in [0.4, 0.5) is 0 Å². The molecule has 0 radical (unpaired) electrons. The Morgan fingerprint density at radius 3 is 1.83 bits per heavy atom. The van der Waals surface area contributed by atoms with Gasteiger partial charge in [0.25, 0.3) is 0 Å². The second-order valence-electron chi connectivity index (χ2n) is 0.648. The van der Waals surface area contributed by atoms with Gasteiger partial charge in [-0.25, -0.2) is 8.42 Å². The van der Waals surface area contributed by atoms with Crippen molar-refractivity contribution in [1.29, 1.82) is 0 Å². The molecule has 0 atom stereocenters. The monoisotopic (exact) mass is 240 g/mol. The summed E-state index contributed by atoms with van der Waals surface area (Å²) in [5, 5.41) is -0.298. The lowest BCUT2D eigenvalue weighted by Crippen LogP contribution is -1.84. The van der Waals surface area contributed by atoms with E-state index in [4.69, 9.17) is 11.6 Å². The highest BCUT2D eigenvalue weighted by atomic mass is 127. The first-order valence-corrected chi connectivity index (χ1v) is 5.77. The molecule has 0 saturated carbocycles. The zero-order valence-electron chi connectivity index (χ0n) is 2.69. The molecule has 0 aliphatic carbocycles. The molecule has 0 saturated heterocycles. The molecule has 0 aromatic rings. The van der Waals surface area contributed by atoms with Crippen LogP contribution in [0.15, 0.2) is 0 Å². The number of alkyl halides is 1. The van der Waals surface area contributed by atoms with Gasteiger partial charge >= 0.3 is 0 Å². The lowest BCUT2D eigenvalue weighted by atomic mass is 11.9. The lowest BCUT2D eigenvalue weighted by molar-refractivity contribution is 0.616. The van der Waals surface area contributed by atoms with Gasteiger partial charge < -0.3 is 0 Å². The van der Waals surface area contributed by atoms with E-state index in [9.17, 15) is 8.42 Å². The Balaban J connectivity index is 3.85. The van der Waals surface area contributed by atoms with Crippen LogP contribution in [-0.4, -0.2) is 13.6 Å². The fourth-order valence-electron chi connectivity index (χ4n) is 0. The van der Waals surface area contributed by atoms with Crippen LogP contribution in [0.2, 0.25) is 0 Å². The van der Waals surface area contributed by atoms with Crippen molar-refractivity contribution < 1.29 is 8.42 Å². The second-order valence-corrected chi connectivity index (χ2v) is 6.62. The van der Waals surface area contributed by atoms with E-state index < -0.39 is 7.01 Å². The van der Waals surface area contributed by atoms with Gasteiger partial charge in [-0.1, -0.05) is 0 Å². The highest BCUT2D eigenvalue weighted by Gasteiger charge is 1.96. The van der Waals surface area contributed by atoms with Gasteiger partial charge in [0.1, 0.15) is 5.21 Å². The molecule has 0 spiro atoms. The van der Waals surface area contributed by atoms with E-state index >= 15 is 0 Å². The molecule has 5 heteroatoms. The molecule has 0 heterocycles. The van der Waals surface area contributed by atoms with Crippen molar-refractivity contribution in [3.05, 3.63) is 0 Å². The minimum atomic E-state index is -2.93. The van der Waals surface area contributed by atoms with E-state index in [1.807, 2.05) is 0 Å². The van der Waals surface area contributed by atoms with Crippen LogP contribution in [0.25, 0.3) is 0 Å². The average Bonchev–Trinajstić information content (AvgIpc) is 1.35. The first kappa shape index (κ1) is 6.97. The van der Waals surface area contributed by atoms with Gasteiger partial charge in [-0.05, 0) is 0 Å². The third-order valence-corrected chi connectivity index (χ3v) is 3.29. The van der Waals surface area contributed by atoms with Gasteiger partial charge in [-0.3, -0.25) is 0 Å². The van der Waals surface area contributed by atoms with Crippen LogP contribution >= 0.6 is 32.8 Å². The first-order valence-electron chi connectivity index (χ1n) is 1.04. The van der Waals surface area contributed by atoms with Crippen LogP contribution < -0.4 is 0 Å². The highest BCUT2D eigenvalue weighted by Crippen LogP contribution is 2.01. The Kier molecular flexibility index (Phi) is 2.70. The molecular weight excluding hydrogens is 238 g/mol. The van der Waals surface area contributed by atoms with Crippen LogP contribution in [0.3, 0.4) is 0 Å². The van der Waals surface area contributed by atoms with Crippen LogP contribution in [0, 0.1) is 0 Å². The maximum Gasteiger partial charge on any atom is 0.216 e. The predicted molar refractivity (Wildman–Crippen MR) is 33.7 cm³/mol. The number of hydrogen-bond acceptors (Lipinski definition) is 2. The summed E-state index contributed by atoms with van der Waals surface area (Å²) in [6.07, 6.45) is 0. The van der Waals surface area contributed by atoms with Gasteiger partial charge in [0.2, 0.25) is 7.01 Å². The van der Waals surface area contributed by atoms with Gasteiger partial charge in [0.15, 0.2) is 0 Å². The largest absolute Gasteiger partial charge is 0.217 e. The summed E-state index contributed by atoms with van der Waals surface area (Å²) in [6, 6.07) is 0. The third-order valence-electron chi connectivity index (χ3n) is 0.130. The summed E-state index contributed by atoms with van der Waals surface area (Å²) in [5.74, 6) is 0. The molecule has 6 heavy (non-hydrogen) atoms. The van der Waals surface area contributed by atoms with Crippen LogP contribution in [0.5, 0.6) is 0 Å². The second kappa shape index (κ2) is 2.32. The molecule has 0 aromatic carbocycles. The maximum atomic E-state index is 9.85. The zero-order valence-corrected chi connectivity index (χ0v) is 6.42. The molecule has 0 rings (SSSR count). The van der Waals surface area contributed by atoms with Gasteiger partial charge in [-0.15, -0.1) is 11.6 Å². The summed E-state index contributed by atoms with van der Waals surface area (Å²) in [4.78, 5) is 0. The molecule has 0 N–H and O–H groups in total. The van der Waals surface area contributed by atoms with E-state index in [1.165, 1.54) is 21.2 Å². The molecule has 0 aromatic heterocycles. The van der Waals surface area contributed by atoms with Gasteiger partial charge in [0.05, 0.1) is 21.2 Å². The fraction of sp³-hybridized carbons (Fsp3) is 1.00. The van der Waals surface area contributed by atoms with E-state index in [1.54, 1.807) is 0 Å². The average molecular weight is 240 g/mol. The first-order chi connectivity index (χ1) is 2.56. The number of rotatable bonds is 1. The van der Waals surface area contributed by atoms with Gasteiger partial charge in [-0.2, -0.15) is 0 Å². The van der Waals surface area contributed by atoms with Crippen molar-refractivity contribution in [3.63, 3.8) is 0 Å². The molecule has 0 unspecified atom stereocenters. The Hall–Kier alpha value is 0.970. The van der Waals surface area contributed by atoms with E-state index in [0.29, 0.717) is 0 Å².